The number of hydrogen-bond acceptors (Lipinski definition) is 2. The van der Waals surface area contributed by atoms with Gasteiger partial charge in [-0.25, -0.2) is 0 Å². The van der Waals surface area contributed by atoms with Crippen molar-refractivity contribution in [2.45, 2.75) is 26.2 Å². The van der Waals surface area contributed by atoms with Gasteiger partial charge in [-0.2, -0.15) is 0 Å². The fourth-order valence-electron chi connectivity index (χ4n) is 0.833. The maximum atomic E-state index is 11.1. The van der Waals surface area contributed by atoms with Crippen LogP contribution in [0.25, 0.3) is 0 Å². The van der Waals surface area contributed by atoms with Gasteiger partial charge < -0.3 is 9.69 Å². The third-order valence-electron chi connectivity index (χ3n) is 1.46. The second-order valence-corrected chi connectivity index (χ2v) is 2.52. The van der Waals surface area contributed by atoms with Crippen molar-refractivity contribution in [3.63, 3.8) is 0 Å². The molecule has 0 saturated heterocycles. The van der Waals surface area contributed by atoms with Crippen LogP contribution in [-0.2, 0) is 9.59 Å². The summed E-state index contributed by atoms with van der Waals surface area (Å²) in [6.45, 7) is 2.79. The number of hydrogen-bond donors (Lipinski definition) is 0. The van der Waals surface area contributed by atoms with Gasteiger partial charge in [0.2, 0.25) is 5.91 Å². The van der Waals surface area contributed by atoms with Crippen molar-refractivity contribution in [2.24, 2.45) is 0 Å². The van der Waals surface area contributed by atoms with Crippen LogP contribution in [0.2, 0.25) is 0 Å². The predicted octanol–water partition coefficient (Wildman–Crippen LogP) is 0.834. The first kappa shape index (κ1) is 10.1. The molecular weight excluding hydrogens is 142 g/mol. The maximum absolute atomic E-state index is 11.1. The first-order chi connectivity index (χ1) is 5.22. The van der Waals surface area contributed by atoms with E-state index in [1.165, 1.54) is 0 Å². The summed E-state index contributed by atoms with van der Waals surface area (Å²) in [6.07, 6.45) is 2.42. The molecule has 0 rings (SSSR count). The molecule has 0 aromatic rings. The molecule has 3 nitrogen and oxygen atoms in total. The number of nitrogens with zero attached hydrogens (tertiary/aromatic N) is 1. The summed E-state index contributed by atoms with van der Waals surface area (Å²) in [7, 11) is 1.76. The Morgan fingerprint density at radius 3 is 2.64 bits per heavy atom. The SMILES string of the molecule is CCCN(C)C(=O)CCC=O. The fourth-order valence-corrected chi connectivity index (χ4v) is 0.833. The molecule has 0 aromatic carbocycles. The van der Waals surface area contributed by atoms with Gasteiger partial charge in [-0.3, -0.25) is 4.79 Å². The van der Waals surface area contributed by atoms with E-state index in [0.717, 1.165) is 19.3 Å². The van der Waals surface area contributed by atoms with Crippen LogP contribution in [0, 0.1) is 0 Å². The predicted molar refractivity (Wildman–Crippen MR) is 43.2 cm³/mol. The minimum Gasteiger partial charge on any atom is -0.346 e. The lowest BCUT2D eigenvalue weighted by Gasteiger charge is -2.14. The van der Waals surface area contributed by atoms with Crippen molar-refractivity contribution in [1.29, 1.82) is 0 Å². The molecule has 64 valence electrons. The number of carbonyl (C=O) groups excluding carboxylic acids is 2. The highest BCUT2D eigenvalue weighted by Gasteiger charge is 2.05. The Hall–Kier alpha value is -0.860. The average Bonchev–Trinajstić information content (AvgIpc) is 2.00. The Morgan fingerprint density at radius 1 is 1.55 bits per heavy atom. The lowest BCUT2D eigenvalue weighted by Crippen LogP contribution is -2.27. The van der Waals surface area contributed by atoms with Gasteiger partial charge in [-0.05, 0) is 6.42 Å². The summed E-state index contributed by atoms with van der Waals surface area (Å²) >= 11 is 0. The van der Waals surface area contributed by atoms with Crippen LogP contribution in [0.5, 0.6) is 0 Å². The van der Waals surface area contributed by atoms with Gasteiger partial charge in [-0.1, -0.05) is 6.92 Å². The van der Waals surface area contributed by atoms with Crippen molar-refractivity contribution in [3.8, 4) is 0 Å². The summed E-state index contributed by atoms with van der Waals surface area (Å²) in [5, 5.41) is 0. The van der Waals surface area contributed by atoms with E-state index in [4.69, 9.17) is 0 Å². The smallest absolute Gasteiger partial charge is 0.222 e. The molecule has 0 aromatic heterocycles. The normalized spacial score (nSPS) is 9.27. The quantitative estimate of drug-likeness (QED) is 0.554. The van der Waals surface area contributed by atoms with Crippen LogP contribution >= 0.6 is 0 Å². The third kappa shape index (κ3) is 4.53. The molecule has 0 aliphatic carbocycles. The van der Waals surface area contributed by atoms with Crippen LogP contribution < -0.4 is 0 Å². The standard InChI is InChI=1S/C8H15NO2/c1-3-6-9(2)8(11)5-4-7-10/h7H,3-6H2,1-2H3. The number of aldehydes is 1. The van der Waals surface area contributed by atoms with Gasteiger partial charge in [0.05, 0.1) is 0 Å². The lowest BCUT2D eigenvalue weighted by molar-refractivity contribution is -0.130. The van der Waals surface area contributed by atoms with Crippen molar-refractivity contribution >= 4 is 12.2 Å². The van der Waals surface area contributed by atoms with Gasteiger partial charge in [0.15, 0.2) is 0 Å². The minimum atomic E-state index is 0.0546. The first-order valence-corrected chi connectivity index (χ1v) is 3.90. The third-order valence-corrected chi connectivity index (χ3v) is 1.46. The monoisotopic (exact) mass is 157 g/mol. The number of amides is 1. The van der Waals surface area contributed by atoms with Crippen LogP contribution in [0.15, 0.2) is 0 Å². The van der Waals surface area contributed by atoms with E-state index < -0.39 is 0 Å². The van der Waals surface area contributed by atoms with E-state index in [1.807, 2.05) is 6.92 Å². The fraction of sp³-hybridized carbons (Fsp3) is 0.750. The Bertz CT molecular complexity index is 134. The molecule has 0 atom stereocenters. The van der Waals surface area contributed by atoms with E-state index in [-0.39, 0.29) is 5.91 Å². The molecule has 0 N–H and O–H groups in total. The minimum absolute atomic E-state index is 0.0546. The Labute approximate surface area is 67.4 Å². The molecule has 1 amide bonds. The first-order valence-electron chi connectivity index (χ1n) is 3.90. The number of rotatable bonds is 5. The molecule has 0 spiro atoms. The average molecular weight is 157 g/mol. The molecule has 0 aliphatic heterocycles. The van der Waals surface area contributed by atoms with Crippen LogP contribution in [0.3, 0.4) is 0 Å². The van der Waals surface area contributed by atoms with Crippen molar-refractivity contribution < 1.29 is 9.59 Å². The molecule has 3 heteroatoms. The molecule has 0 saturated carbocycles. The largest absolute Gasteiger partial charge is 0.346 e. The summed E-state index contributed by atoms with van der Waals surface area (Å²) in [6, 6.07) is 0. The van der Waals surface area contributed by atoms with Gasteiger partial charge >= 0.3 is 0 Å². The molecule has 0 fully saturated rings. The lowest BCUT2D eigenvalue weighted by atomic mass is 10.3. The zero-order chi connectivity index (χ0) is 8.69. The zero-order valence-corrected chi connectivity index (χ0v) is 7.17. The van der Waals surface area contributed by atoms with Crippen molar-refractivity contribution in [1.82, 2.24) is 4.90 Å². The van der Waals surface area contributed by atoms with Crippen LogP contribution in [0.1, 0.15) is 26.2 Å². The second-order valence-electron chi connectivity index (χ2n) is 2.52. The van der Waals surface area contributed by atoms with Gasteiger partial charge in [0, 0.05) is 26.4 Å². The van der Waals surface area contributed by atoms with E-state index in [1.54, 1.807) is 11.9 Å². The summed E-state index contributed by atoms with van der Waals surface area (Å²) in [4.78, 5) is 22.6. The molecular formula is C8H15NO2. The van der Waals surface area contributed by atoms with Crippen LogP contribution in [0.4, 0.5) is 0 Å². The highest BCUT2D eigenvalue weighted by molar-refractivity contribution is 5.77. The highest BCUT2D eigenvalue weighted by Crippen LogP contribution is 1.94. The number of carbonyl (C=O) groups is 2. The van der Waals surface area contributed by atoms with E-state index >= 15 is 0 Å². The van der Waals surface area contributed by atoms with Crippen molar-refractivity contribution in [3.05, 3.63) is 0 Å². The Balaban J connectivity index is 3.54. The van der Waals surface area contributed by atoms with Gasteiger partial charge in [0.1, 0.15) is 6.29 Å². The maximum Gasteiger partial charge on any atom is 0.222 e. The summed E-state index contributed by atoms with van der Waals surface area (Å²) < 4.78 is 0. The second kappa shape index (κ2) is 5.89. The summed E-state index contributed by atoms with van der Waals surface area (Å²) in [5.74, 6) is 0.0546. The Morgan fingerprint density at radius 2 is 2.18 bits per heavy atom. The Kier molecular flexibility index (Phi) is 5.43. The topological polar surface area (TPSA) is 37.4 Å². The van der Waals surface area contributed by atoms with E-state index in [0.29, 0.717) is 12.8 Å². The summed E-state index contributed by atoms with van der Waals surface area (Å²) in [5.41, 5.74) is 0. The van der Waals surface area contributed by atoms with Gasteiger partial charge in [-0.15, -0.1) is 0 Å². The molecule has 0 radical (unpaired) electrons. The molecule has 0 bridgehead atoms. The highest BCUT2D eigenvalue weighted by atomic mass is 16.2. The van der Waals surface area contributed by atoms with E-state index in [9.17, 15) is 9.59 Å². The molecule has 0 aliphatic rings. The molecule has 0 heterocycles. The van der Waals surface area contributed by atoms with Crippen molar-refractivity contribution in [2.75, 3.05) is 13.6 Å². The van der Waals surface area contributed by atoms with Gasteiger partial charge in [0.25, 0.3) is 0 Å². The molecule has 0 unspecified atom stereocenters. The van der Waals surface area contributed by atoms with Crippen LogP contribution in [-0.4, -0.2) is 30.7 Å². The van der Waals surface area contributed by atoms with E-state index in [2.05, 4.69) is 0 Å². The zero-order valence-electron chi connectivity index (χ0n) is 7.17. The molecule has 11 heavy (non-hydrogen) atoms.